The molecular weight excluding hydrogens is 384 g/mol. The number of benzene rings is 2. The average Bonchev–Trinajstić information content (AvgIpc) is 2.82. The van der Waals surface area contributed by atoms with Crippen LogP contribution in [0.15, 0.2) is 36.4 Å². The predicted molar refractivity (Wildman–Crippen MR) is 155 cm³/mol. The van der Waals surface area contributed by atoms with Crippen LogP contribution in [-0.4, -0.2) is 0 Å². The largest absolute Gasteiger partial charge is 0.0683 e. The van der Waals surface area contributed by atoms with E-state index in [2.05, 4.69) is 91.8 Å². The Hall–Kier alpha value is -1.56. The summed E-state index contributed by atoms with van der Waals surface area (Å²) in [4.78, 5) is 0. The van der Waals surface area contributed by atoms with Gasteiger partial charge in [0.1, 0.15) is 0 Å². The van der Waals surface area contributed by atoms with Crippen LogP contribution in [0.2, 0.25) is 0 Å². The first-order chi connectivity index (χ1) is 15.2. The molecule has 2 aromatic rings. The van der Waals surface area contributed by atoms with Crippen molar-refractivity contribution >= 4 is 0 Å². The fraction of sp³-hybridized carbons (Fsp3) is 0.625. The summed E-state index contributed by atoms with van der Waals surface area (Å²) in [6.45, 7) is 33.9. The third kappa shape index (κ3) is 17.0. The molecule has 0 saturated heterocycles. The van der Waals surface area contributed by atoms with Gasteiger partial charge < -0.3 is 0 Å². The molecule has 0 heteroatoms. The third-order valence-electron chi connectivity index (χ3n) is 4.48. The van der Waals surface area contributed by atoms with Gasteiger partial charge in [-0.05, 0) is 54.9 Å². The Morgan fingerprint density at radius 1 is 0.594 bits per heavy atom. The molecule has 0 fully saturated rings. The Morgan fingerprint density at radius 3 is 1.34 bits per heavy atom. The Morgan fingerprint density at radius 2 is 1.00 bits per heavy atom. The van der Waals surface area contributed by atoms with Crippen molar-refractivity contribution in [3.05, 3.63) is 69.8 Å². The lowest BCUT2D eigenvalue weighted by molar-refractivity contribution is 0.584. The molecule has 0 radical (unpaired) electrons. The van der Waals surface area contributed by atoms with Crippen molar-refractivity contribution in [1.82, 2.24) is 0 Å². The number of hydrogen-bond acceptors (Lipinski definition) is 0. The molecule has 0 N–H and O–H groups in total. The topological polar surface area (TPSA) is 0 Å². The third-order valence-corrected chi connectivity index (χ3v) is 4.48. The van der Waals surface area contributed by atoms with Crippen molar-refractivity contribution in [3.63, 3.8) is 0 Å². The lowest BCUT2D eigenvalue weighted by Gasteiger charge is -2.24. The van der Waals surface area contributed by atoms with E-state index >= 15 is 0 Å². The van der Waals surface area contributed by atoms with E-state index in [9.17, 15) is 0 Å². The molecule has 32 heavy (non-hydrogen) atoms. The van der Waals surface area contributed by atoms with E-state index in [4.69, 9.17) is 0 Å². The van der Waals surface area contributed by atoms with Crippen LogP contribution in [0, 0.1) is 20.8 Å². The first-order valence-electron chi connectivity index (χ1n) is 13.3. The van der Waals surface area contributed by atoms with Crippen molar-refractivity contribution in [3.8, 4) is 0 Å². The molecule has 0 amide bonds. The minimum Gasteiger partial charge on any atom is -0.0683 e. The zero-order valence-corrected chi connectivity index (χ0v) is 25.1. The van der Waals surface area contributed by atoms with Crippen LogP contribution in [0.4, 0.5) is 0 Å². The van der Waals surface area contributed by atoms with Crippen LogP contribution in [0.1, 0.15) is 136 Å². The second-order valence-electron chi connectivity index (χ2n) is 8.01. The van der Waals surface area contributed by atoms with Gasteiger partial charge in [-0.2, -0.15) is 0 Å². The fourth-order valence-corrected chi connectivity index (χ4v) is 2.82. The van der Waals surface area contributed by atoms with Crippen LogP contribution >= 0.6 is 0 Å². The van der Waals surface area contributed by atoms with Crippen molar-refractivity contribution in [2.45, 2.75) is 135 Å². The molecule has 188 valence electrons. The first kappa shape index (κ1) is 37.7. The van der Waals surface area contributed by atoms with E-state index in [1.54, 1.807) is 0 Å². The molecule has 0 nitrogen and oxygen atoms in total. The van der Waals surface area contributed by atoms with Crippen LogP contribution in [0.25, 0.3) is 0 Å². The second-order valence-corrected chi connectivity index (χ2v) is 8.01. The first-order valence-corrected chi connectivity index (χ1v) is 13.3. The zero-order chi connectivity index (χ0) is 26.3. The normalized spacial score (nSPS) is 9.00. The Labute approximate surface area is 205 Å². The highest BCUT2D eigenvalue weighted by atomic mass is 14.2. The lowest BCUT2D eigenvalue weighted by Crippen LogP contribution is -2.14. The maximum absolute atomic E-state index is 2.34. The number of rotatable bonds is 3. The standard InChI is InChI=1S/C20H26.C4H10.4C2H6/c1-14-7-9-17(10-8-14)13-18-11-15(2)12-19(16(18)3)20(4,5)6;1-3-4-2;4*1-2/h7-12H,13H2,1-6H3;3-4H2,1-2H3;4*1-2H3. The fourth-order valence-electron chi connectivity index (χ4n) is 2.82. The minimum absolute atomic E-state index is 0.206. The monoisotopic (exact) mass is 444 g/mol. The molecule has 0 aromatic heterocycles. The van der Waals surface area contributed by atoms with Gasteiger partial charge in [-0.25, -0.2) is 0 Å². The van der Waals surface area contributed by atoms with Gasteiger partial charge in [0.25, 0.3) is 0 Å². The quantitative estimate of drug-likeness (QED) is 0.441. The van der Waals surface area contributed by atoms with E-state index in [1.165, 1.54) is 46.2 Å². The smallest absolute Gasteiger partial charge is 0.00229 e. The molecule has 0 spiro atoms. The van der Waals surface area contributed by atoms with Gasteiger partial charge in [0.2, 0.25) is 0 Å². The van der Waals surface area contributed by atoms with Gasteiger partial charge in [0.05, 0.1) is 0 Å². The van der Waals surface area contributed by atoms with Gasteiger partial charge in [0, 0.05) is 0 Å². The number of aryl methyl sites for hydroxylation is 2. The maximum atomic E-state index is 2.34. The molecule has 0 saturated carbocycles. The highest BCUT2D eigenvalue weighted by Crippen LogP contribution is 2.30. The highest BCUT2D eigenvalue weighted by molar-refractivity contribution is 5.43. The van der Waals surface area contributed by atoms with Gasteiger partial charge >= 0.3 is 0 Å². The lowest BCUT2D eigenvalue weighted by atomic mass is 9.80. The summed E-state index contributed by atoms with van der Waals surface area (Å²) in [5.74, 6) is 0. The zero-order valence-electron chi connectivity index (χ0n) is 25.1. The summed E-state index contributed by atoms with van der Waals surface area (Å²) in [7, 11) is 0. The maximum Gasteiger partial charge on any atom is -0.00229 e. The molecule has 0 bridgehead atoms. The van der Waals surface area contributed by atoms with Crippen molar-refractivity contribution < 1.29 is 0 Å². The SMILES string of the molecule is CC.CC.CC.CC.CCCC.Cc1ccc(Cc2cc(C)cc(C(C)(C)C)c2C)cc1. The number of hydrogen-bond donors (Lipinski definition) is 0. The summed E-state index contributed by atoms with van der Waals surface area (Å²) in [6.07, 6.45) is 3.66. The Balaban J connectivity index is -0.000000279. The van der Waals surface area contributed by atoms with E-state index in [-0.39, 0.29) is 5.41 Å². The van der Waals surface area contributed by atoms with Crippen molar-refractivity contribution in [2.75, 3.05) is 0 Å². The molecule has 0 atom stereocenters. The van der Waals surface area contributed by atoms with Gasteiger partial charge in [-0.1, -0.05) is 150 Å². The second kappa shape index (κ2) is 24.1. The molecule has 0 aliphatic heterocycles. The summed E-state index contributed by atoms with van der Waals surface area (Å²) in [5.41, 5.74) is 8.66. The average molecular weight is 445 g/mol. The highest BCUT2D eigenvalue weighted by Gasteiger charge is 2.18. The van der Waals surface area contributed by atoms with Crippen LogP contribution in [0.5, 0.6) is 0 Å². The summed E-state index contributed by atoms with van der Waals surface area (Å²) < 4.78 is 0. The Bertz CT molecular complexity index is 622. The van der Waals surface area contributed by atoms with Gasteiger partial charge in [0.15, 0.2) is 0 Å². The van der Waals surface area contributed by atoms with Crippen LogP contribution < -0.4 is 0 Å². The van der Waals surface area contributed by atoms with E-state index in [0.717, 1.165) is 6.42 Å². The minimum atomic E-state index is 0.206. The van der Waals surface area contributed by atoms with Gasteiger partial charge in [-0.3, -0.25) is 0 Å². The van der Waals surface area contributed by atoms with Crippen LogP contribution in [-0.2, 0) is 11.8 Å². The van der Waals surface area contributed by atoms with E-state index in [1.807, 2.05) is 55.4 Å². The predicted octanol–water partition coefficient (Wildman–Crippen LogP) is 11.4. The van der Waals surface area contributed by atoms with Crippen molar-refractivity contribution in [2.24, 2.45) is 0 Å². The molecule has 2 aromatic carbocycles. The molecule has 0 unspecified atom stereocenters. The van der Waals surface area contributed by atoms with Gasteiger partial charge in [-0.15, -0.1) is 0 Å². The van der Waals surface area contributed by atoms with Crippen molar-refractivity contribution in [1.29, 1.82) is 0 Å². The van der Waals surface area contributed by atoms with Crippen LogP contribution in [0.3, 0.4) is 0 Å². The Kier molecular flexibility index (Phi) is 28.4. The summed E-state index contributed by atoms with van der Waals surface area (Å²) in [6, 6.07) is 13.6. The number of unbranched alkanes of at least 4 members (excludes halogenated alkanes) is 1. The molecular formula is C32H60. The molecule has 0 aliphatic rings. The van der Waals surface area contributed by atoms with E-state index < -0.39 is 0 Å². The summed E-state index contributed by atoms with van der Waals surface area (Å²) >= 11 is 0. The van der Waals surface area contributed by atoms with E-state index in [0.29, 0.717) is 0 Å². The molecule has 0 heterocycles. The molecule has 0 aliphatic carbocycles. The molecule has 2 rings (SSSR count). The summed E-state index contributed by atoms with van der Waals surface area (Å²) in [5, 5.41) is 0.